The molecule has 1 aromatic carbocycles. The van der Waals surface area contributed by atoms with Crippen LogP contribution in [0, 0.1) is 0 Å². The number of aryl methyl sites for hydroxylation is 1. The summed E-state index contributed by atoms with van der Waals surface area (Å²) in [6.45, 7) is 2.11. The van der Waals surface area contributed by atoms with Crippen LogP contribution in [-0.4, -0.2) is 4.98 Å². The van der Waals surface area contributed by atoms with E-state index in [9.17, 15) is 0 Å². The highest BCUT2D eigenvalue weighted by molar-refractivity contribution is 5.49. The lowest BCUT2D eigenvalue weighted by Gasteiger charge is -2.07. The molecule has 3 heteroatoms. The van der Waals surface area contributed by atoms with Crippen LogP contribution in [0.3, 0.4) is 0 Å². The maximum atomic E-state index is 5.89. The van der Waals surface area contributed by atoms with Gasteiger partial charge in [-0.2, -0.15) is 0 Å². The first kappa shape index (κ1) is 11.5. The van der Waals surface area contributed by atoms with Crippen molar-refractivity contribution in [2.24, 2.45) is 0 Å². The number of nitrogens with zero attached hydrogens (tertiary/aromatic N) is 1. The van der Waals surface area contributed by atoms with Gasteiger partial charge < -0.3 is 11.5 Å². The zero-order valence-corrected chi connectivity index (χ0v) is 9.98. The van der Waals surface area contributed by atoms with Crippen molar-refractivity contribution in [3.05, 3.63) is 53.2 Å². The summed E-state index contributed by atoms with van der Waals surface area (Å²) < 4.78 is 0. The van der Waals surface area contributed by atoms with E-state index in [0.29, 0.717) is 5.82 Å². The first-order valence-corrected chi connectivity index (χ1v) is 5.76. The third-order valence-corrected chi connectivity index (χ3v) is 2.84. The Balaban J connectivity index is 2.24. The van der Waals surface area contributed by atoms with E-state index < -0.39 is 0 Å². The number of anilines is 2. The molecule has 0 unspecified atom stereocenters. The second-order valence-electron chi connectivity index (χ2n) is 4.15. The highest BCUT2D eigenvalue weighted by atomic mass is 14.8. The van der Waals surface area contributed by atoms with E-state index in [-0.39, 0.29) is 0 Å². The second-order valence-corrected chi connectivity index (χ2v) is 4.15. The summed E-state index contributed by atoms with van der Waals surface area (Å²) in [6.07, 6.45) is 3.56. The van der Waals surface area contributed by atoms with E-state index in [2.05, 4.69) is 24.0 Å². The molecule has 0 aliphatic rings. The highest BCUT2D eigenvalue weighted by Gasteiger charge is 2.01. The van der Waals surface area contributed by atoms with Crippen LogP contribution in [0.2, 0.25) is 0 Å². The number of rotatable bonds is 3. The van der Waals surface area contributed by atoms with Crippen LogP contribution >= 0.6 is 0 Å². The average molecular weight is 227 g/mol. The number of nitrogen functional groups attached to an aromatic ring is 2. The SMILES string of the molecule is CCc1cc(Cc2ccnc(N)c2)ccc1N. The lowest BCUT2D eigenvalue weighted by molar-refractivity contribution is 1.11. The van der Waals surface area contributed by atoms with Crippen molar-refractivity contribution < 1.29 is 0 Å². The van der Waals surface area contributed by atoms with Crippen molar-refractivity contribution in [1.29, 1.82) is 0 Å². The molecular weight excluding hydrogens is 210 g/mol. The van der Waals surface area contributed by atoms with Crippen molar-refractivity contribution in [2.75, 3.05) is 11.5 Å². The molecule has 0 saturated carbocycles. The molecule has 17 heavy (non-hydrogen) atoms. The van der Waals surface area contributed by atoms with Crippen LogP contribution in [0.4, 0.5) is 11.5 Å². The minimum atomic E-state index is 0.564. The van der Waals surface area contributed by atoms with Crippen LogP contribution in [-0.2, 0) is 12.8 Å². The summed E-state index contributed by atoms with van der Waals surface area (Å²) in [7, 11) is 0. The first-order chi connectivity index (χ1) is 8.19. The molecule has 0 amide bonds. The fourth-order valence-electron chi connectivity index (χ4n) is 1.92. The fraction of sp³-hybridized carbons (Fsp3) is 0.214. The molecule has 0 saturated heterocycles. The number of aromatic nitrogens is 1. The Hall–Kier alpha value is -2.03. The van der Waals surface area contributed by atoms with E-state index in [4.69, 9.17) is 11.5 Å². The first-order valence-electron chi connectivity index (χ1n) is 5.76. The molecule has 2 rings (SSSR count). The van der Waals surface area contributed by atoms with Crippen molar-refractivity contribution in [2.45, 2.75) is 19.8 Å². The van der Waals surface area contributed by atoms with Crippen LogP contribution in [0.1, 0.15) is 23.6 Å². The minimum Gasteiger partial charge on any atom is -0.399 e. The van der Waals surface area contributed by atoms with Gasteiger partial charge in [0.15, 0.2) is 0 Å². The predicted molar refractivity (Wildman–Crippen MR) is 71.7 cm³/mol. The molecule has 0 aliphatic carbocycles. The zero-order chi connectivity index (χ0) is 12.3. The van der Waals surface area contributed by atoms with Crippen molar-refractivity contribution in [1.82, 2.24) is 4.98 Å². The van der Waals surface area contributed by atoms with Gasteiger partial charge in [0.2, 0.25) is 0 Å². The molecule has 0 radical (unpaired) electrons. The average Bonchev–Trinajstić information content (AvgIpc) is 2.32. The molecule has 0 aliphatic heterocycles. The van der Waals surface area contributed by atoms with E-state index in [1.54, 1.807) is 6.20 Å². The van der Waals surface area contributed by atoms with E-state index >= 15 is 0 Å². The van der Waals surface area contributed by atoms with E-state index in [1.807, 2.05) is 18.2 Å². The summed E-state index contributed by atoms with van der Waals surface area (Å²) in [6, 6.07) is 10.1. The summed E-state index contributed by atoms with van der Waals surface area (Å²) in [5, 5.41) is 0. The maximum Gasteiger partial charge on any atom is 0.123 e. The van der Waals surface area contributed by atoms with Crippen molar-refractivity contribution in [3.8, 4) is 0 Å². The van der Waals surface area contributed by atoms with Gasteiger partial charge in [0.1, 0.15) is 5.82 Å². The molecule has 4 N–H and O–H groups in total. The lowest BCUT2D eigenvalue weighted by Crippen LogP contribution is -1.97. The molecular formula is C14H17N3. The topological polar surface area (TPSA) is 64.9 Å². The van der Waals surface area contributed by atoms with Crippen LogP contribution in [0.15, 0.2) is 36.5 Å². The fourth-order valence-corrected chi connectivity index (χ4v) is 1.92. The number of pyridine rings is 1. The molecule has 0 spiro atoms. The summed E-state index contributed by atoms with van der Waals surface area (Å²) >= 11 is 0. The monoisotopic (exact) mass is 227 g/mol. The number of hydrogen-bond acceptors (Lipinski definition) is 3. The van der Waals surface area contributed by atoms with Crippen LogP contribution in [0.25, 0.3) is 0 Å². The Morgan fingerprint density at radius 2 is 1.82 bits per heavy atom. The summed E-state index contributed by atoms with van der Waals surface area (Å²) in [4.78, 5) is 3.99. The number of nitrogens with two attached hydrogens (primary N) is 2. The summed E-state index contributed by atoms with van der Waals surface area (Å²) in [5.74, 6) is 0.564. The van der Waals surface area contributed by atoms with Crippen molar-refractivity contribution >= 4 is 11.5 Å². The molecule has 88 valence electrons. The van der Waals surface area contributed by atoms with Crippen molar-refractivity contribution in [3.63, 3.8) is 0 Å². The third-order valence-electron chi connectivity index (χ3n) is 2.84. The van der Waals surface area contributed by atoms with E-state index in [0.717, 1.165) is 18.5 Å². The second kappa shape index (κ2) is 4.87. The minimum absolute atomic E-state index is 0.564. The Bertz CT molecular complexity index is 521. The Labute approximate surface area is 101 Å². The molecule has 1 aromatic heterocycles. The number of benzene rings is 1. The largest absolute Gasteiger partial charge is 0.399 e. The summed E-state index contributed by atoms with van der Waals surface area (Å²) in [5.41, 5.74) is 16.0. The molecule has 2 aromatic rings. The van der Waals surface area contributed by atoms with Gasteiger partial charge in [-0.25, -0.2) is 4.98 Å². The molecule has 0 bridgehead atoms. The molecule has 0 atom stereocenters. The molecule has 0 fully saturated rings. The Morgan fingerprint density at radius 1 is 1.06 bits per heavy atom. The Morgan fingerprint density at radius 3 is 2.53 bits per heavy atom. The van der Waals surface area contributed by atoms with Gasteiger partial charge in [0.05, 0.1) is 0 Å². The van der Waals surface area contributed by atoms with Gasteiger partial charge in [-0.1, -0.05) is 19.1 Å². The standard InChI is InChI=1S/C14H17N3/c1-2-12-8-10(3-4-13(12)15)7-11-5-6-17-14(16)9-11/h3-6,8-9H,2,7,15H2,1H3,(H2,16,17). The van der Waals surface area contributed by atoms with Gasteiger partial charge in [0, 0.05) is 11.9 Å². The Kier molecular flexibility index (Phi) is 3.28. The van der Waals surface area contributed by atoms with Gasteiger partial charge in [-0.3, -0.25) is 0 Å². The zero-order valence-electron chi connectivity index (χ0n) is 9.98. The van der Waals surface area contributed by atoms with E-state index in [1.165, 1.54) is 16.7 Å². The lowest BCUT2D eigenvalue weighted by atomic mass is 10.0. The number of hydrogen-bond donors (Lipinski definition) is 2. The maximum absolute atomic E-state index is 5.89. The smallest absolute Gasteiger partial charge is 0.123 e. The van der Waals surface area contributed by atoms with Gasteiger partial charge in [-0.15, -0.1) is 0 Å². The van der Waals surface area contributed by atoms with Crippen LogP contribution in [0.5, 0.6) is 0 Å². The van der Waals surface area contributed by atoms with Gasteiger partial charge >= 0.3 is 0 Å². The quantitative estimate of drug-likeness (QED) is 0.791. The third kappa shape index (κ3) is 2.75. The van der Waals surface area contributed by atoms with Crippen LogP contribution < -0.4 is 11.5 Å². The molecule has 3 nitrogen and oxygen atoms in total. The highest BCUT2D eigenvalue weighted by Crippen LogP contribution is 2.17. The predicted octanol–water partition coefficient (Wildman–Crippen LogP) is 2.40. The molecule has 1 heterocycles. The van der Waals surface area contributed by atoms with Gasteiger partial charge in [0.25, 0.3) is 0 Å². The normalized spacial score (nSPS) is 10.4. The van der Waals surface area contributed by atoms with Gasteiger partial charge in [-0.05, 0) is 47.7 Å².